The Hall–Kier alpha value is -1.64. The molecular formula is C13H15N3O2S3. The number of hydrogen-bond donors (Lipinski definition) is 2. The third-order valence-electron chi connectivity index (χ3n) is 2.72. The Morgan fingerprint density at radius 3 is 2.48 bits per heavy atom. The van der Waals surface area contributed by atoms with Gasteiger partial charge in [0, 0.05) is 14.1 Å². The minimum absolute atomic E-state index is 0.179. The third-order valence-corrected chi connectivity index (χ3v) is 6.04. The smallest absolute Gasteiger partial charge is 0.271 e. The van der Waals surface area contributed by atoms with Crippen molar-refractivity contribution in [3.63, 3.8) is 0 Å². The molecule has 0 amide bonds. The molecule has 3 N–H and O–H groups in total. The van der Waals surface area contributed by atoms with E-state index in [9.17, 15) is 8.42 Å². The van der Waals surface area contributed by atoms with Crippen LogP contribution in [0.1, 0.15) is 4.88 Å². The number of thiophene rings is 1. The van der Waals surface area contributed by atoms with Crippen molar-refractivity contribution in [2.75, 3.05) is 23.7 Å². The first-order valence-electron chi connectivity index (χ1n) is 6.00. The van der Waals surface area contributed by atoms with Crippen LogP contribution in [-0.4, -0.2) is 27.5 Å². The van der Waals surface area contributed by atoms with Crippen LogP contribution >= 0.6 is 23.6 Å². The molecule has 5 nitrogen and oxygen atoms in total. The minimum atomic E-state index is -3.66. The van der Waals surface area contributed by atoms with Gasteiger partial charge in [0.15, 0.2) is 0 Å². The number of hydrogen-bond acceptors (Lipinski definition) is 5. The van der Waals surface area contributed by atoms with Gasteiger partial charge in [-0.3, -0.25) is 4.72 Å². The molecule has 0 aliphatic heterocycles. The summed E-state index contributed by atoms with van der Waals surface area (Å²) in [6, 6.07) is 10.3. The Morgan fingerprint density at radius 2 is 1.90 bits per heavy atom. The summed E-state index contributed by atoms with van der Waals surface area (Å²) in [7, 11) is 0.0455. The van der Waals surface area contributed by atoms with Crippen LogP contribution in [0.5, 0.6) is 0 Å². The molecular weight excluding hydrogens is 326 g/mol. The van der Waals surface area contributed by atoms with E-state index >= 15 is 0 Å². The van der Waals surface area contributed by atoms with E-state index in [-0.39, 0.29) is 9.20 Å². The summed E-state index contributed by atoms with van der Waals surface area (Å²) in [6.45, 7) is 0. The molecule has 0 fully saturated rings. The SMILES string of the molecule is CN(C)c1ccccc1NS(=O)(=O)c1ccc(C(N)=S)s1. The van der Waals surface area contributed by atoms with E-state index in [1.165, 1.54) is 6.07 Å². The highest BCUT2D eigenvalue weighted by molar-refractivity contribution is 7.94. The van der Waals surface area contributed by atoms with Crippen molar-refractivity contribution in [2.24, 2.45) is 5.73 Å². The van der Waals surface area contributed by atoms with Crippen molar-refractivity contribution in [1.29, 1.82) is 0 Å². The van der Waals surface area contributed by atoms with E-state index < -0.39 is 10.0 Å². The van der Waals surface area contributed by atoms with Gasteiger partial charge in [-0.05, 0) is 24.3 Å². The maximum Gasteiger partial charge on any atom is 0.271 e. The Bertz CT molecular complexity index is 766. The van der Waals surface area contributed by atoms with Crippen LogP contribution in [0.15, 0.2) is 40.6 Å². The predicted molar refractivity (Wildman–Crippen MR) is 91.8 cm³/mol. The standard InChI is InChI=1S/C13H15N3O2S3/c1-16(2)10-6-4-3-5-9(10)15-21(17,18)12-8-7-11(20-12)13(14)19/h3-8,15H,1-2H3,(H2,14,19). The number of sulfonamides is 1. The summed E-state index contributed by atoms with van der Waals surface area (Å²) in [5.41, 5.74) is 6.81. The lowest BCUT2D eigenvalue weighted by molar-refractivity contribution is 0.603. The molecule has 2 aromatic rings. The first-order valence-corrected chi connectivity index (χ1v) is 8.71. The van der Waals surface area contributed by atoms with Gasteiger partial charge in [0.2, 0.25) is 0 Å². The van der Waals surface area contributed by atoms with Gasteiger partial charge in [0.25, 0.3) is 10.0 Å². The zero-order valence-corrected chi connectivity index (χ0v) is 14.0. The maximum atomic E-state index is 12.4. The second kappa shape index (κ2) is 6.00. The summed E-state index contributed by atoms with van der Waals surface area (Å²) >= 11 is 5.90. The molecule has 0 saturated carbocycles. The second-order valence-electron chi connectivity index (χ2n) is 4.50. The Morgan fingerprint density at radius 1 is 1.24 bits per heavy atom. The molecule has 8 heteroatoms. The molecule has 112 valence electrons. The van der Waals surface area contributed by atoms with Gasteiger partial charge in [0.1, 0.15) is 9.20 Å². The van der Waals surface area contributed by atoms with Gasteiger partial charge in [-0.1, -0.05) is 24.4 Å². The molecule has 2 rings (SSSR count). The second-order valence-corrected chi connectivity index (χ2v) is 7.93. The predicted octanol–water partition coefficient (Wildman–Crippen LogP) is 2.25. The van der Waals surface area contributed by atoms with E-state index in [2.05, 4.69) is 4.72 Å². The van der Waals surface area contributed by atoms with Gasteiger partial charge in [-0.15, -0.1) is 11.3 Å². The van der Waals surface area contributed by atoms with Crippen LogP contribution in [0.25, 0.3) is 0 Å². The number of rotatable bonds is 5. The number of nitrogens with two attached hydrogens (primary N) is 1. The van der Waals surface area contributed by atoms with Gasteiger partial charge < -0.3 is 10.6 Å². The van der Waals surface area contributed by atoms with E-state index in [1.54, 1.807) is 18.2 Å². The summed E-state index contributed by atoms with van der Waals surface area (Å²) in [5.74, 6) is 0. The van der Waals surface area contributed by atoms with E-state index in [0.29, 0.717) is 10.6 Å². The molecule has 0 aliphatic rings. The van der Waals surface area contributed by atoms with Crippen LogP contribution in [0.3, 0.4) is 0 Å². The zero-order chi connectivity index (χ0) is 15.6. The minimum Gasteiger partial charge on any atom is -0.389 e. The molecule has 0 atom stereocenters. The lowest BCUT2D eigenvalue weighted by Gasteiger charge is -2.17. The normalized spacial score (nSPS) is 11.1. The van der Waals surface area contributed by atoms with Gasteiger partial charge in [-0.25, -0.2) is 8.42 Å². The maximum absolute atomic E-state index is 12.4. The molecule has 0 saturated heterocycles. The van der Waals surface area contributed by atoms with Crippen molar-refractivity contribution < 1.29 is 8.42 Å². The van der Waals surface area contributed by atoms with Gasteiger partial charge in [0.05, 0.1) is 16.3 Å². The number of nitrogens with one attached hydrogen (secondary N) is 1. The Labute approximate surface area is 133 Å². The number of nitrogens with zero attached hydrogens (tertiary/aromatic N) is 1. The highest BCUT2D eigenvalue weighted by atomic mass is 32.2. The summed E-state index contributed by atoms with van der Waals surface area (Å²) in [4.78, 5) is 2.61. The fourth-order valence-electron chi connectivity index (χ4n) is 1.74. The monoisotopic (exact) mass is 341 g/mol. The Kier molecular flexibility index (Phi) is 4.50. The first-order chi connectivity index (χ1) is 9.81. The molecule has 1 aromatic heterocycles. The molecule has 1 aromatic carbocycles. The van der Waals surface area contributed by atoms with Crippen LogP contribution in [0.2, 0.25) is 0 Å². The van der Waals surface area contributed by atoms with Gasteiger partial charge in [-0.2, -0.15) is 0 Å². The van der Waals surface area contributed by atoms with Crippen molar-refractivity contribution in [3.8, 4) is 0 Å². The summed E-state index contributed by atoms with van der Waals surface area (Å²) in [5, 5.41) is 0. The first kappa shape index (κ1) is 15.7. The van der Waals surface area contributed by atoms with Crippen LogP contribution in [0, 0.1) is 0 Å². The molecule has 1 heterocycles. The van der Waals surface area contributed by atoms with Crippen molar-refractivity contribution in [3.05, 3.63) is 41.3 Å². The third kappa shape index (κ3) is 3.52. The van der Waals surface area contributed by atoms with Crippen molar-refractivity contribution in [1.82, 2.24) is 0 Å². The number of anilines is 2. The molecule has 0 bridgehead atoms. The lowest BCUT2D eigenvalue weighted by atomic mass is 10.2. The van der Waals surface area contributed by atoms with Crippen LogP contribution < -0.4 is 15.4 Å². The molecule has 0 radical (unpaired) electrons. The average molecular weight is 341 g/mol. The van der Waals surface area contributed by atoms with E-state index in [0.717, 1.165) is 17.0 Å². The summed E-state index contributed by atoms with van der Waals surface area (Å²) < 4.78 is 27.6. The molecule has 21 heavy (non-hydrogen) atoms. The summed E-state index contributed by atoms with van der Waals surface area (Å²) in [6.07, 6.45) is 0. The zero-order valence-electron chi connectivity index (χ0n) is 11.5. The lowest BCUT2D eigenvalue weighted by Crippen LogP contribution is -2.16. The fraction of sp³-hybridized carbons (Fsp3) is 0.154. The average Bonchev–Trinajstić information content (AvgIpc) is 2.89. The molecule has 0 unspecified atom stereocenters. The van der Waals surface area contributed by atoms with Crippen molar-refractivity contribution in [2.45, 2.75) is 4.21 Å². The van der Waals surface area contributed by atoms with E-state index in [1.807, 2.05) is 31.1 Å². The highest BCUT2D eigenvalue weighted by Crippen LogP contribution is 2.28. The number of thiocarbonyl (C=S) groups is 1. The van der Waals surface area contributed by atoms with Crippen LogP contribution in [0.4, 0.5) is 11.4 Å². The molecule has 0 spiro atoms. The number of benzene rings is 1. The van der Waals surface area contributed by atoms with Gasteiger partial charge >= 0.3 is 0 Å². The Balaban J connectivity index is 2.35. The number of para-hydroxylation sites is 2. The molecule has 0 aliphatic carbocycles. The largest absolute Gasteiger partial charge is 0.389 e. The topological polar surface area (TPSA) is 75.4 Å². The van der Waals surface area contributed by atoms with Crippen molar-refractivity contribution >= 4 is 49.9 Å². The highest BCUT2D eigenvalue weighted by Gasteiger charge is 2.19. The van der Waals surface area contributed by atoms with E-state index in [4.69, 9.17) is 18.0 Å². The fourth-order valence-corrected chi connectivity index (χ4v) is 4.17. The van der Waals surface area contributed by atoms with Crippen LogP contribution in [-0.2, 0) is 10.0 Å². The quantitative estimate of drug-likeness (QED) is 0.816.